The first-order chi connectivity index (χ1) is 9.49. The van der Waals surface area contributed by atoms with Gasteiger partial charge in [0, 0.05) is 18.2 Å². The molecule has 1 atom stereocenters. The van der Waals surface area contributed by atoms with Gasteiger partial charge in [-0.25, -0.2) is 0 Å². The summed E-state index contributed by atoms with van der Waals surface area (Å²) >= 11 is 0. The summed E-state index contributed by atoms with van der Waals surface area (Å²) < 4.78 is 0. The lowest BCUT2D eigenvalue weighted by molar-refractivity contribution is -0.138. The average Bonchev–Trinajstić information content (AvgIpc) is 2.38. The van der Waals surface area contributed by atoms with Gasteiger partial charge >= 0.3 is 5.97 Å². The fraction of sp³-hybridized carbons (Fsp3) is 0.500. The summed E-state index contributed by atoms with van der Waals surface area (Å²) in [5.74, 6) is -0.872. The quantitative estimate of drug-likeness (QED) is 0.922. The second-order valence-electron chi connectivity index (χ2n) is 5.56. The highest BCUT2D eigenvalue weighted by atomic mass is 16.4. The molecule has 0 bridgehead atoms. The molecule has 2 rings (SSSR count). The van der Waals surface area contributed by atoms with Crippen LogP contribution < -0.4 is 0 Å². The van der Waals surface area contributed by atoms with Gasteiger partial charge in [-0.15, -0.1) is 0 Å². The van der Waals surface area contributed by atoms with Crippen LogP contribution in [0.3, 0.4) is 0 Å². The molecule has 1 N–H and O–H groups in total. The summed E-state index contributed by atoms with van der Waals surface area (Å²) in [6.07, 6.45) is 2.76. The molecule has 1 aliphatic rings. The van der Waals surface area contributed by atoms with Crippen molar-refractivity contribution in [2.75, 3.05) is 6.54 Å². The van der Waals surface area contributed by atoms with Crippen molar-refractivity contribution in [3.8, 4) is 0 Å². The zero-order chi connectivity index (χ0) is 14.7. The lowest BCUT2D eigenvalue weighted by atomic mass is 9.97. The maximum Gasteiger partial charge on any atom is 0.305 e. The zero-order valence-electron chi connectivity index (χ0n) is 12.1. The molecule has 20 heavy (non-hydrogen) atoms. The van der Waals surface area contributed by atoms with E-state index in [9.17, 15) is 9.59 Å². The van der Waals surface area contributed by atoms with E-state index in [-0.39, 0.29) is 18.4 Å². The normalized spacial score (nSPS) is 18.9. The van der Waals surface area contributed by atoms with E-state index in [1.54, 1.807) is 4.90 Å². The standard InChI is InChI=1S/C16H21NO3/c1-11-6-7-14(12(2)9-11)16(20)17-8-4-3-5-13(17)10-15(18)19/h6-7,9,13H,3-5,8,10H2,1-2H3,(H,18,19). The minimum absolute atomic E-state index is 0.0338. The molecule has 0 aliphatic carbocycles. The SMILES string of the molecule is Cc1ccc(C(=O)N2CCCCC2CC(=O)O)c(C)c1. The molecule has 1 aromatic carbocycles. The summed E-state index contributed by atoms with van der Waals surface area (Å²) in [6.45, 7) is 4.58. The molecule has 1 saturated heterocycles. The monoisotopic (exact) mass is 275 g/mol. The predicted molar refractivity (Wildman–Crippen MR) is 76.8 cm³/mol. The Labute approximate surface area is 119 Å². The van der Waals surface area contributed by atoms with Crippen LogP contribution in [0.1, 0.15) is 47.2 Å². The third-order valence-electron chi connectivity index (χ3n) is 3.91. The Balaban J connectivity index is 2.22. The summed E-state index contributed by atoms with van der Waals surface area (Å²) in [5.41, 5.74) is 2.77. The van der Waals surface area contributed by atoms with Crippen molar-refractivity contribution in [1.82, 2.24) is 4.90 Å². The second kappa shape index (κ2) is 6.07. The highest BCUT2D eigenvalue weighted by Crippen LogP contribution is 2.23. The molecule has 1 fully saturated rings. The minimum atomic E-state index is -0.838. The van der Waals surface area contributed by atoms with Crippen LogP contribution in [0.15, 0.2) is 18.2 Å². The van der Waals surface area contributed by atoms with Crippen molar-refractivity contribution >= 4 is 11.9 Å². The number of likely N-dealkylation sites (tertiary alicyclic amines) is 1. The van der Waals surface area contributed by atoms with Crippen LogP contribution in [0.2, 0.25) is 0 Å². The van der Waals surface area contributed by atoms with Gasteiger partial charge in [-0.3, -0.25) is 9.59 Å². The molecule has 4 heteroatoms. The summed E-state index contributed by atoms with van der Waals surface area (Å²) in [7, 11) is 0. The molecule has 1 unspecified atom stereocenters. The number of amides is 1. The number of nitrogens with zero attached hydrogens (tertiary/aromatic N) is 1. The van der Waals surface area contributed by atoms with E-state index < -0.39 is 5.97 Å². The van der Waals surface area contributed by atoms with Crippen molar-refractivity contribution in [1.29, 1.82) is 0 Å². The van der Waals surface area contributed by atoms with Crippen LogP contribution in [0.5, 0.6) is 0 Å². The summed E-state index contributed by atoms with van der Waals surface area (Å²) in [5, 5.41) is 8.99. The van der Waals surface area contributed by atoms with E-state index in [1.165, 1.54) is 0 Å². The van der Waals surface area contributed by atoms with Crippen LogP contribution in [0, 0.1) is 13.8 Å². The van der Waals surface area contributed by atoms with Crippen LogP contribution >= 0.6 is 0 Å². The largest absolute Gasteiger partial charge is 0.481 e. The van der Waals surface area contributed by atoms with Crippen molar-refractivity contribution in [2.45, 2.75) is 45.6 Å². The number of carboxylic acid groups (broad SMARTS) is 1. The van der Waals surface area contributed by atoms with Gasteiger partial charge in [0.2, 0.25) is 0 Å². The van der Waals surface area contributed by atoms with Gasteiger partial charge in [-0.2, -0.15) is 0 Å². The number of hydrogen-bond acceptors (Lipinski definition) is 2. The molecule has 1 aromatic rings. The molecule has 1 heterocycles. The van der Waals surface area contributed by atoms with Crippen molar-refractivity contribution < 1.29 is 14.7 Å². The number of aryl methyl sites for hydroxylation is 2. The van der Waals surface area contributed by atoms with Crippen molar-refractivity contribution in [3.63, 3.8) is 0 Å². The van der Waals surface area contributed by atoms with Gasteiger partial charge in [-0.1, -0.05) is 17.7 Å². The fourth-order valence-electron chi connectivity index (χ4n) is 2.89. The number of aliphatic carboxylic acids is 1. The third kappa shape index (κ3) is 3.18. The number of hydrogen-bond donors (Lipinski definition) is 1. The molecule has 0 aromatic heterocycles. The van der Waals surface area contributed by atoms with E-state index in [4.69, 9.17) is 5.11 Å². The first kappa shape index (κ1) is 14.6. The van der Waals surface area contributed by atoms with E-state index in [0.29, 0.717) is 12.1 Å². The predicted octanol–water partition coefficient (Wildman–Crippen LogP) is 2.77. The lowest BCUT2D eigenvalue weighted by Crippen LogP contribution is -2.45. The Bertz CT molecular complexity index is 524. The Morgan fingerprint density at radius 2 is 2.05 bits per heavy atom. The molecular weight excluding hydrogens is 254 g/mol. The van der Waals surface area contributed by atoms with Crippen molar-refractivity contribution in [2.24, 2.45) is 0 Å². The number of benzene rings is 1. The molecule has 0 radical (unpaired) electrons. The molecule has 108 valence electrons. The Morgan fingerprint density at radius 1 is 1.30 bits per heavy atom. The van der Waals surface area contributed by atoms with Gasteiger partial charge in [0.15, 0.2) is 0 Å². The van der Waals surface area contributed by atoms with E-state index in [2.05, 4.69) is 0 Å². The van der Waals surface area contributed by atoms with Gasteiger partial charge in [-0.05, 0) is 44.7 Å². The van der Waals surface area contributed by atoms with Crippen molar-refractivity contribution in [3.05, 3.63) is 34.9 Å². The number of carboxylic acids is 1. The number of piperidine rings is 1. The molecular formula is C16H21NO3. The van der Waals surface area contributed by atoms with Gasteiger partial charge in [0.25, 0.3) is 5.91 Å². The maximum absolute atomic E-state index is 12.7. The van der Waals surface area contributed by atoms with Crippen LogP contribution in [-0.4, -0.2) is 34.5 Å². The fourth-order valence-corrected chi connectivity index (χ4v) is 2.89. The minimum Gasteiger partial charge on any atom is -0.481 e. The first-order valence-corrected chi connectivity index (χ1v) is 7.09. The van der Waals surface area contributed by atoms with Gasteiger partial charge < -0.3 is 10.0 Å². The van der Waals surface area contributed by atoms with Crippen LogP contribution in [-0.2, 0) is 4.79 Å². The smallest absolute Gasteiger partial charge is 0.305 e. The highest BCUT2D eigenvalue weighted by molar-refractivity contribution is 5.96. The van der Waals surface area contributed by atoms with E-state index >= 15 is 0 Å². The number of carbonyl (C=O) groups is 2. The van der Waals surface area contributed by atoms with E-state index in [1.807, 2.05) is 32.0 Å². The highest BCUT2D eigenvalue weighted by Gasteiger charge is 2.29. The molecule has 0 saturated carbocycles. The molecule has 1 aliphatic heterocycles. The number of carbonyl (C=O) groups excluding carboxylic acids is 1. The van der Waals surface area contributed by atoms with Gasteiger partial charge in [0.1, 0.15) is 0 Å². The lowest BCUT2D eigenvalue weighted by Gasteiger charge is -2.35. The number of rotatable bonds is 3. The topological polar surface area (TPSA) is 57.6 Å². The second-order valence-corrected chi connectivity index (χ2v) is 5.56. The van der Waals surface area contributed by atoms with E-state index in [0.717, 1.165) is 30.4 Å². The molecule has 1 amide bonds. The Kier molecular flexibility index (Phi) is 4.42. The Hall–Kier alpha value is -1.84. The van der Waals surface area contributed by atoms with Crippen LogP contribution in [0.4, 0.5) is 0 Å². The Morgan fingerprint density at radius 3 is 2.70 bits per heavy atom. The summed E-state index contributed by atoms with van der Waals surface area (Å²) in [6, 6.07) is 5.59. The first-order valence-electron chi connectivity index (χ1n) is 7.09. The average molecular weight is 275 g/mol. The molecule has 4 nitrogen and oxygen atoms in total. The van der Waals surface area contributed by atoms with Gasteiger partial charge in [0.05, 0.1) is 6.42 Å². The third-order valence-corrected chi connectivity index (χ3v) is 3.91. The summed E-state index contributed by atoms with van der Waals surface area (Å²) in [4.78, 5) is 25.3. The molecule has 0 spiro atoms. The maximum atomic E-state index is 12.7. The zero-order valence-corrected chi connectivity index (χ0v) is 12.1. The van der Waals surface area contributed by atoms with Crippen LogP contribution in [0.25, 0.3) is 0 Å².